The summed E-state index contributed by atoms with van der Waals surface area (Å²) in [6.07, 6.45) is 0.809. The Morgan fingerprint density at radius 2 is 2.16 bits per heavy atom. The lowest BCUT2D eigenvalue weighted by atomic mass is 10.2. The summed E-state index contributed by atoms with van der Waals surface area (Å²) in [6, 6.07) is 9.53. The largest absolute Gasteiger partial charge is 0.487 e. The van der Waals surface area contributed by atoms with E-state index in [0.717, 1.165) is 21.3 Å². The number of hydrogen-bond donors (Lipinski definition) is 1. The molecule has 0 unspecified atom stereocenters. The van der Waals surface area contributed by atoms with Crippen molar-refractivity contribution in [2.45, 2.75) is 20.0 Å². The normalized spacial score (nSPS) is 10.4. The minimum Gasteiger partial charge on any atom is -0.487 e. The Bertz CT molecular complexity index is 592. The number of aromatic carboxylic acids is 1. The molecule has 1 N–H and O–H groups in total. The maximum atomic E-state index is 11.2. The van der Waals surface area contributed by atoms with Gasteiger partial charge in [0.05, 0.1) is 0 Å². The smallest absolute Gasteiger partial charge is 0.349 e. The molecule has 5 heteroatoms. The molecule has 0 atom stereocenters. The molecule has 0 bridgehead atoms. The second-order valence-electron chi connectivity index (χ2n) is 3.94. The average molecular weight is 341 g/mol. The highest BCUT2D eigenvalue weighted by Crippen LogP contribution is 2.31. The van der Waals surface area contributed by atoms with Gasteiger partial charge in [0.15, 0.2) is 4.88 Å². The summed E-state index contributed by atoms with van der Waals surface area (Å²) in [5.74, 6) is -0.489. The monoisotopic (exact) mass is 340 g/mol. The second kappa shape index (κ2) is 6.21. The Morgan fingerprint density at radius 3 is 2.79 bits per heavy atom. The lowest BCUT2D eigenvalue weighted by molar-refractivity contribution is 0.0697. The van der Waals surface area contributed by atoms with Crippen LogP contribution in [-0.2, 0) is 13.0 Å². The first-order valence-corrected chi connectivity index (χ1v) is 7.45. The van der Waals surface area contributed by atoms with Crippen molar-refractivity contribution in [2.75, 3.05) is 0 Å². The van der Waals surface area contributed by atoms with Crippen LogP contribution in [0.4, 0.5) is 0 Å². The van der Waals surface area contributed by atoms with Crippen LogP contribution in [0, 0.1) is 0 Å². The van der Waals surface area contributed by atoms with Crippen molar-refractivity contribution in [2.24, 2.45) is 0 Å². The molecule has 0 saturated carbocycles. The van der Waals surface area contributed by atoms with Gasteiger partial charge in [-0.3, -0.25) is 0 Å². The van der Waals surface area contributed by atoms with E-state index in [2.05, 4.69) is 15.9 Å². The van der Waals surface area contributed by atoms with Crippen LogP contribution >= 0.6 is 27.3 Å². The molecular weight excluding hydrogens is 328 g/mol. The van der Waals surface area contributed by atoms with Crippen molar-refractivity contribution in [3.63, 3.8) is 0 Å². The zero-order chi connectivity index (χ0) is 13.8. The highest BCUT2D eigenvalue weighted by Gasteiger charge is 2.16. The summed E-state index contributed by atoms with van der Waals surface area (Å²) in [4.78, 5) is 12.4. The molecule has 1 aromatic heterocycles. The summed E-state index contributed by atoms with van der Waals surface area (Å²) in [5, 5.41) is 9.15. The van der Waals surface area contributed by atoms with Crippen molar-refractivity contribution in [1.29, 1.82) is 0 Å². The van der Waals surface area contributed by atoms with E-state index in [1.807, 2.05) is 37.3 Å². The van der Waals surface area contributed by atoms with Crippen LogP contribution in [-0.4, -0.2) is 11.1 Å². The van der Waals surface area contributed by atoms with Gasteiger partial charge in [0.25, 0.3) is 0 Å². The fourth-order valence-corrected chi connectivity index (χ4v) is 2.90. The van der Waals surface area contributed by atoms with Gasteiger partial charge < -0.3 is 9.84 Å². The zero-order valence-corrected chi connectivity index (χ0v) is 12.8. The van der Waals surface area contributed by atoms with Crippen LogP contribution in [0.1, 0.15) is 27.0 Å². The molecule has 100 valence electrons. The minimum absolute atomic E-state index is 0.268. The molecule has 3 nitrogen and oxygen atoms in total. The summed E-state index contributed by atoms with van der Waals surface area (Å²) >= 11 is 4.71. The number of halogens is 1. The average Bonchev–Trinajstić information content (AvgIpc) is 2.81. The molecule has 2 rings (SSSR count). The summed E-state index contributed by atoms with van der Waals surface area (Å²) in [5.41, 5.74) is 0.989. The van der Waals surface area contributed by atoms with Gasteiger partial charge in [0.1, 0.15) is 12.4 Å². The number of benzene rings is 1. The third kappa shape index (κ3) is 3.36. The maximum Gasteiger partial charge on any atom is 0.349 e. The highest BCUT2D eigenvalue weighted by atomic mass is 79.9. The fourth-order valence-electron chi connectivity index (χ4n) is 1.62. The summed E-state index contributed by atoms with van der Waals surface area (Å²) in [7, 11) is 0. The SMILES string of the molecule is CCc1cc(OCc2ccccc2Br)c(C(=O)O)s1. The predicted octanol–water partition coefficient (Wildman–Crippen LogP) is 4.35. The first kappa shape index (κ1) is 14.1. The van der Waals surface area contributed by atoms with E-state index in [1.54, 1.807) is 0 Å². The Labute approximate surface area is 124 Å². The molecule has 0 aliphatic rings. The first-order valence-electron chi connectivity index (χ1n) is 5.84. The molecule has 0 fully saturated rings. The number of thiophene rings is 1. The standard InChI is InChI=1S/C14H13BrO3S/c1-2-10-7-12(13(19-10)14(16)17)18-8-9-5-3-4-6-11(9)15/h3-7H,2,8H2,1H3,(H,16,17). The van der Waals surface area contributed by atoms with Crippen LogP contribution in [0.25, 0.3) is 0 Å². The van der Waals surface area contributed by atoms with Gasteiger partial charge in [-0.1, -0.05) is 41.1 Å². The van der Waals surface area contributed by atoms with E-state index in [-0.39, 0.29) is 4.88 Å². The highest BCUT2D eigenvalue weighted by molar-refractivity contribution is 9.10. The van der Waals surface area contributed by atoms with Crippen LogP contribution in [0.3, 0.4) is 0 Å². The summed E-state index contributed by atoms with van der Waals surface area (Å²) in [6.45, 7) is 2.34. The van der Waals surface area contributed by atoms with Crippen molar-refractivity contribution in [1.82, 2.24) is 0 Å². The van der Waals surface area contributed by atoms with Crippen LogP contribution in [0.15, 0.2) is 34.8 Å². The van der Waals surface area contributed by atoms with Crippen molar-refractivity contribution in [3.8, 4) is 5.75 Å². The molecule has 0 spiro atoms. The van der Waals surface area contributed by atoms with Crippen molar-refractivity contribution >= 4 is 33.2 Å². The van der Waals surface area contributed by atoms with Gasteiger partial charge in [-0.25, -0.2) is 4.79 Å². The number of aryl methyl sites for hydroxylation is 1. The van der Waals surface area contributed by atoms with Crippen LogP contribution in [0.5, 0.6) is 5.75 Å². The molecule has 2 aromatic rings. The second-order valence-corrected chi connectivity index (χ2v) is 5.94. The van der Waals surface area contributed by atoms with E-state index >= 15 is 0 Å². The molecular formula is C14H13BrO3S. The quantitative estimate of drug-likeness (QED) is 0.879. The van der Waals surface area contributed by atoms with Gasteiger partial charge in [-0.2, -0.15) is 0 Å². The zero-order valence-electron chi connectivity index (χ0n) is 10.4. The Morgan fingerprint density at radius 1 is 1.42 bits per heavy atom. The number of carbonyl (C=O) groups is 1. The summed E-state index contributed by atoms with van der Waals surface area (Å²) < 4.78 is 6.60. The molecule has 1 heterocycles. The number of carboxylic acids is 1. The van der Waals surface area contributed by atoms with E-state index in [1.165, 1.54) is 11.3 Å². The van der Waals surface area contributed by atoms with Gasteiger partial charge in [0.2, 0.25) is 0 Å². The van der Waals surface area contributed by atoms with E-state index < -0.39 is 5.97 Å². The molecule has 0 aliphatic carbocycles. The first-order chi connectivity index (χ1) is 9.11. The molecule has 0 aliphatic heterocycles. The Hall–Kier alpha value is -1.33. The maximum absolute atomic E-state index is 11.2. The lowest BCUT2D eigenvalue weighted by Crippen LogP contribution is -2.00. The van der Waals surface area contributed by atoms with Gasteiger partial charge >= 0.3 is 5.97 Å². The minimum atomic E-state index is -0.938. The van der Waals surface area contributed by atoms with Gasteiger partial charge in [-0.15, -0.1) is 11.3 Å². The molecule has 0 amide bonds. The number of hydrogen-bond acceptors (Lipinski definition) is 3. The van der Waals surface area contributed by atoms with Crippen LogP contribution in [0.2, 0.25) is 0 Å². The topological polar surface area (TPSA) is 46.5 Å². The Kier molecular flexibility index (Phi) is 4.61. The lowest BCUT2D eigenvalue weighted by Gasteiger charge is -2.07. The van der Waals surface area contributed by atoms with Crippen LogP contribution < -0.4 is 4.74 Å². The number of carboxylic acid groups (broad SMARTS) is 1. The van der Waals surface area contributed by atoms with Crippen molar-refractivity contribution < 1.29 is 14.6 Å². The van der Waals surface area contributed by atoms with Gasteiger partial charge in [0, 0.05) is 14.9 Å². The molecule has 19 heavy (non-hydrogen) atoms. The van der Waals surface area contributed by atoms with E-state index in [4.69, 9.17) is 9.84 Å². The van der Waals surface area contributed by atoms with Gasteiger partial charge in [-0.05, 0) is 18.6 Å². The van der Waals surface area contributed by atoms with E-state index in [0.29, 0.717) is 12.4 Å². The third-order valence-corrected chi connectivity index (χ3v) is 4.66. The van der Waals surface area contributed by atoms with E-state index in [9.17, 15) is 4.79 Å². The molecule has 0 saturated heterocycles. The predicted molar refractivity (Wildman–Crippen MR) is 79.1 cm³/mol. The Balaban J connectivity index is 2.17. The molecule has 1 aromatic carbocycles. The number of rotatable bonds is 5. The third-order valence-electron chi connectivity index (χ3n) is 2.63. The number of ether oxygens (including phenoxy) is 1. The molecule has 0 radical (unpaired) electrons. The van der Waals surface area contributed by atoms with Crippen molar-refractivity contribution in [3.05, 3.63) is 50.1 Å². The fraction of sp³-hybridized carbons (Fsp3) is 0.214.